The third-order valence-electron chi connectivity index (χ3n) is 2.87. The molecule has 1 heterocycles. The summed E-state index contributed by atoms with van der Waals surface area (Å²) in [5.41, 5.74) is 4.37. The van der Waals surface area contributed by atoms with Gasteiger partial charge in [0.2, 0.25) is 0 Å². The molecule has 20 heavy (non-hydrogen) atoms. The zero-order valence-corrected chi connectivity index (χ0v) is 11.4. The minimum absolute atomic E-state index is 0.0402. The average Bonchev–Trinajstić information content (AvgIpc) is 2.35. The maximum atomic E-state index is 12.4. The van der Waals surface area contributed by atoms with Gasteiger partial charge in [-0.05, 0) is 30.5 Å². The van der Waals surface area contributed by atoms with Crippen LogP contribution in [0.1, 0.15) is 36.3 Å². The molecule has 0 aromatic carbocycles. The zero-order chi connectivity index (χ0) is 15.4. The van der Waals surface area contributed by atoms with Crippen molar-refractivity contribution in [3.8, 4) is 0 Å². The highest BCUT2D eigenvalue weighted by molar-refractivity contribution is 5.92. The lowest BCUT2D eigenvalue weighted by molar-refractivity contribution is -0.137. The molecule has 112 valence electrons. The van der Waals surface area contributed by atoms with Crippen molar-refractivity contribution in [2.45, 2.75) is 26.4 Å². The predicted octanol–water partition coefficient (Wildman–Crippen LogP) is 2.21. The van der Waals surface area contributed by atoms with Crippen molar-refractivity contribution in [3.63, 3.8) is 0 Å². The van der Waals surface area contributed by atoms with Crippen LogP contribution < -0.4 is 11.1 Å². The molecule has 1 aromatic rings. The Kier molecular flexibility index (Phi) is 5.10. The van der Waals surface area contributed by atoms with Crippen molar-refractivity contribution >= 4 is 5.91 Å². The van der Waals surface area contributed by atoms with Crippen molar-refractivity contribution in [2.75, 3.05) is 13.1 Å². The molecule has 3 N–H and O–H groups in total. The van der Waals surface area contributed by atoms with E-state index in [9.17, 15) is 18.0 Å². The van der Waals surface area contributed by atoms with E-state index in [0.717, 1.165) is 18.6 Å². The number of alkyl halides is 3. The summed E-state index contributed by atoms with van der Waals surface area (Å²) in [6.45, 7) is 4.77. The van der Waals surface area contributed by atoms with Gasteiger partial charge in [-0.1, -0.05) is 13.8 Å². The molecule has 1 rings (SSSR count). The van der Waals surface area contributed by atoms with Crippen LogP contribution in [-0.2, 0) is 6.18 Å². The van der Waals surface area contributed by atoms with Gasteiger partial charge in [-0.25, -0.2) is 0 Å². The number of nitrogens with two attached hydrogens (primary N) is 1. The molecule has 1 aromatic heterocycles. The number of amides is 1. The summed E-state index contributed by atoms with van der Waals surface area (Å²) in [6, 6.07) is 1.90. The lowest BCUT2D eigenvalue weighted by atomic mass is 9.89. The van der Waals surface area contributed by atoms with Gasteiger partial charge in [0.15, 0.2) is 0 Å². The molecule has 0 fully saturated rings. The van der Waals surface area contributed by atoms with Gasteiger partial charge < -0.3 is 11.1 Å². The first-order chi connectivity index (χ1) is 9.15. The van der Waals surface area contributed by atoms with Crippen molar-refractivity contribution in [3.05, 3.63) is 29.6 Å². The number of aromatic nitrogens is 1. The van der Waals surface area contributed by atoms with Gasteiger partial charge in [0, 0.05) is 12.7 Å². The second-order valence-electron chi connectivity index (χ2n) is 5.32. The van der Waals surface area contributed by atoms with E-state index in [1.807, 2.05) is 13.8 Å². The molecule has 0 radical (unpaired) electrons. The number of halogens is 3. The summed E-state index contributed by atoms with van der Waals surface area (Å²) in [5.74, 6) is -0.496. The minimum atomic E-state index is -4.45. The normalized spacial score (nSPS) is 12.3. The van der Waals surface area contributed by atoms with Crippen LogP contribution in [0, 0.1) is 5.41 Å². The summed E-state index contributed by atoms with van der Waals surface area (Å²) >= 11 is 0. The highest BCUT2D eigenvalue weighted by Crippen LogP contribution is 2.28. The Balaban J connectivity index is 2.65. The smallest absolute Gasteiger partial charge is 0.350 e. The third-order valence-corrected chi connectivity index (χ3v) is 2.87. The van der Waals surface area contributed by atoms with Crippen molar-refractivity contribution in [2.24, 2.45) is 11.1 Å². The monoisotopic (exact) mass is 289 g/mol. The lowest BCUT2D eigenvalue weighted by Gasteiger charge is -2.23. The lowest BCUT2D eigenvalue weighted by Crippen LogP contribution is -2.35. The van der Waals surface area contributed by atoms with Gasteiger partial charge in [0.1, 0.15) is 5.69 Å². The number of pyridine rings is 1. The molecule has 0 aliphatic rings. The highest BCUT2D eigenvalue weighted by atomic mass is 19.4. The summed E-state index contributed by atoms with van der Waals surface area (Å²) in [4.78, 5) is 15.3. The molecule has 4 nitrogen and oxygen atoms in total. The SMILES string of the molecule is CC(C)(CCN)CNC(=O)c1ccc(C(F)(F)F)cn1. The number of carbonyl (C=O) groups is 1. The fourth-order valence-electron chi connectivity index (χ4n) is 1.59. The Bertz CT molecular complexity index is 455. The molecule has 0 aliphatic carbocycles. The fourth-order valence-corrected chi connectivity index (χ4v) is 1.59. The molecular formula is C13H18F3N3O. The van der Waals surface area contributed by atoms with Crippen molar-refractivity contribution in [1.82, 2.24) is 10.3 Å². The van der Waals surface area contributed by atoms with Crippen LogP contribution in [0.25, 0.3) is 0 Å². The molecule has 1 amide bonds. The Morgan fingerprint density at radius 2 is 2.00 bits per heavy atom. The van der Waals surface area contributed by atoms with Crippen LogP contribution in [0.15, 0.2) is 18.3 Å². The number of carbonyl (C=O) groups excluding carboxylic acids is 1. The van der Waals surface area contributed by atoms with Gasteiger partial charge >= 0.3 is 6.18 Å². The first-order valence-electron chi connectivity index (χ1n) is 6.17. The Labute approximate surface area is 115 Å². The number of nitrogens with one attached hydrogen (secondary N) is 1. The molecule has 7 heteroatoms. The zero-order valence-electron chi connectivity index (χ0n) is 11.4. The summed E-state index contributed by atoms with van der Waals surface area (Å²) < 4.78 is 37.1. The molecule has 0 aliphatic heterocycles. The van der Waals surface area contributed by atoms with Gasteiger partial charge in [-0.3, -0.25) is 9.78 Å². The molecule has 0 atom stereocenters. The van der Waals surface area contributed by atoms with E-state index in [4.69, 9.17) is 5.73 Å². The number of rotatable bonds is 5. The molecule has 0 unspecified atom stereocenters. The predicted molar refractivity (Wildman–Crippen MR) is 69.0 cm³/mol. The molecule has 0 saturated carbocycles. The van der Waals surface area contributed by atoms with Crippen molar-refractivity contribution in [1.29, 1.82) is 0 Å². The first kappa shape index (κ1) is 16.4. The van der Waals surface area contributed by atoms with Gasteiger partial charge in [0.25, 0.3) is 5.91 Å². The Morgan fingerprint density at radius 3 is 2.45 bits per heavy atom. The van der Waals surface area contributed by atoms with E-state index < -0.39 is 17.6 Å². The quantitative estimate of drug-likeness (QED) is 0.873. The van der Waals surface area contributed by atoms with Crippen LogP contribution in [0.2, 0.25) is 0 Å². The van der Waals surface area contributed by atoms with E-state index in [2.05, 4.69) is 10.3 Å². The van der Waals surface area contributed by atoms with E-state index in [1.54, 1.807) is 0 Å². The second-order valence-corrected chi connectivity index (χ2v) is 5.32. The Morgan fingerprint density at radius 1 is 1.35 bits per heavy atom. The number of hydrogen-bond donors (Lipinski definition) is 2. The minimum Gasteiger partial charge on any atom is -0.350 e. The fraction of sp³-hybridized carbons (Fsp3) is 0.538. The molecule has 0 saturated heterocycles. The number of nitrogens with zero attached hydrogens (tertiary/aromatic N) is 1. The average molecular weight is 289 g/mol. The standard InChI is InChI=1S/C13H18F3N3O/c1-12(2,5-6-17)8-19-11(20)10-4-3-9(7-18-10)13(14,15)16/h3-4,7H,5-6,8,17H2,1-2H3,(H,19,20). The van der Waals surface area contributed by atoms with Gasteiger partial charge in [-0.2, -0.15) is 13.2 Å². The summed E-state index contributed by atoms with van der Waals surface area (Å²) in [6.07, 6.45) is -3.07. The molecule has 0 bridgehead atoms. The van der Waals surface area contributed by atoms with Crippen LogP contribution >= 0.6 is 0 Å². The second kappa shape index (κ2) is 6.21. The third kappa shape index (κ3) is 4.80. The van der Waals surface area contributed by atoms with E-state index in [1.165, 1.54) is 0 Å². The van der Waals surface area contributed by atoms with E-state index >= 15 is 0 Å². The van der Waals surface area contributed by atoms with E-state index in [-0.39, 0.29) is 11.1 Å². The summed E-state index contributed by atoms with van der Waals surface area (Å²) in [7, 11) is 0. The van der Waals surface area contributed by atoms with E-state index in [0.29, 0.717) is 19.3 Å². The molecule has 0 spiro atoms. The topological polar surface area (TPSA) is 68.0 Å². The van der Waals surface area contributed by atoms with Crippen molar-refractivity contribution < 1.29 is 18.0 Å². The molecular weight excluding hydrogens is 271 g/mol. The maximum Gasteiger partial charge on any atom is 0.417 e. The summed E-state index contributed by atoms with van der Waals surface area (Å²) in [5, 5.41) is 2.64. The van der Waals surface area contributed by atoms with Crippen LogP contribution in [-0.4, -0.2) is 24.0 Å². The highest BCUT2D eigenvalue weighted by Gasteiger charge is 2.31. The number of hydrogen-bond acceptors (Lipinski definition) is 3. The Hall–Kier alpha value is -1.63. The maximum absolute atomic E-state index is 12.4. The first-order valence-corrected chi connectivity index (χ1v) is 6.17. The van der Waals surface area contributed by atoms with Crippen LogP contribution in [0.3, 0.4) is 0 Å². The van der Waals surface area contributed by atoms with Crippen LogP contribution in [0.5, 0.6) is 0 Å². The largest absolute Gasteiger partial charge is 0.417 e. The van der Waals surface area contributed by atoms with Gasteiger partial charge in [0.05, 0.1) is 5.56 Å². The van der Waals surface area contributed by atoms with Gasteiger partial charge in [-0.15, -0.1) is 0 Å². The van der Waals surface area contributed by atoms with Crippen LogP contribution in [0.4, 0.5) is 13.2 Å².